The Balaban J connectivity index is 1.23. The van der Waals surface area contributed by atoms with Crippen molar-refractivity contribution in [3.8, 4) is 50.2 Å². The van der Waals surface area contributed by atoms with Gasteiger partial charge in [0.1, 0.15) is 0 Å². The van der Waals surface area contributed by atoms with Crippen LogP contribution in [-0.2, 0) is 7.05 Å². The molecule has 0 radical (unpaired) electrons. The average molecular weight is 854 g/mol. The van der Waals surface area contributed by atoms with E-state index in [1.165, 1.54) is 88.1 Å². The molecule has 0 atom stereocenters. The molecule has 4 heteroatoms. The summed E-state index contributed by atoms with van der Waals surface area (Å²) in [5.74, 6) is 0. The monoisotopic (exact) mass is 852 g/mol. The van der Waals surface area contributed by atoms with Gasteiger partial charge in [0.15, 0.2) is 0 Å². The third-order valence-corrected chi connectivity index (χ3v) is 14.2. The Kier molecular flexibility index (Phi) is 9.21. The van der Waals surface area contributed by atoms with Crippen molar-refractivity contribution >= 4 is 77.6 Å². The van der Waals surface area contributed by atoms with Gasteiger partial charge in [-0.05, 0) is 162 Å². The summed E-state index contributed by atoms with van der Waals surface area (Å²) >= 11 is 15.4. The number of rotatable bonds is 5. The largest absolute Gasteiger partial charge is 0.343 e. The van der Waals surface area contributed by atoms with Gasteiger partial charge in [0, 0.05) is 55.6 Å². The molecule has 0 aliphatic heterocycles. The highest BCUT2D eigenvalue weighted by Crippen LogP contribution is 2.48. The van der Waals surface area contributed by atoms with Crippen molar-refractivity contribution in [3.63, 3.8) is 0 Å². The van der Waals surface area contributed by atoms with E-state index >= 15 is 0 Å². The maximum atomic E-state index is 7.99. The van der Waals surface area contributed by atoms with Gasteiger partial charge >= 0.3 is 0 Å². The van der Waals surface area contributed by atoms with Crippen molar-refractivity contribution in [1.82, 2.24) is 9.13 Å². The molecule has 0 bridgehead atoms. The van der Waals surface area contributed by atoms with Gasteiger partial charge in [-0.15, -0.1) is 0 Å². The van der Waals surface area contributed by atoms with Gasteiger partial charge in [0.25, 0.3) is 0 Å². The van der Waals surface area contributed by atoms with E-state index in [4.69, 9.17) is 23.2 Å². The molecule has 0 N–H and O–H groups in total. The van der Waals surface area contributed by atoms with Gasteiger partial charge in [-0.2, -0.15) is 0 Å². The summed E-state index contributed by atoms with van der Waals surface area (Å²) in [6.07, 6.45) is 0. The first-order valence-corrected chi connectivity index (χ1v) is 22.5. The van der Waals surface area contributed by atoms with Crippen LogP contribution in [-0.4, -0.2) is 9.13 Å². The van der Waals surface area contributed by atoms with E-state index in [-0.39, 0.29) is 0 Å². The molecule has 0 saturated heterocycles. The van der Waals surface area contributed by atoms with E-state index in [0.717, 1.165) is 49.8 Å². The van der Waals surface area contributed by atoms with Gasteiger partial charge in [-0.3, -0.25) is 0 Å². The molecular formula is C59H46Cl2N2. The highest BCUT2D eigenvalue weighted by molar-refractivity contribution is 6.38. The summed E-state index contributed by atoms with van der Waals surface area (Å²) < 4.78 is 4.69. The van der Waals surface area contributed by atoms with Gasteiger partial charge in [-0.25, -0.2) is 0 Å². The van der Waals surface area contributed by atoms with Crippen LogP contribution in [0.5, 0.6) is 0 Å². The second-order valence-electron chi connectivity index (χ2n) is 17.5. The number of benzene rings is 9. The van der Waals surface area contributed by atoms with Crippen LogP contribution in [0.1, 0.15) is 33.4 Å². The molecule has 2 aromatic heterocycles. The maximum Gasteiger partial charge on any atom is 0.0726 e. The molecule has 11 aromatic rings. The molecule has 0 spiro atoms. The van der Waals surface area contributed by atoms with Crippen molar-refractivity contribution in [2.75, 3.05) is 0 Å². The molecule has 0 unspecified atom stereocenters. The first-order chi connectivity index (χ1) is 30.5. The molecule has 63 heavy (non-hydrogen) atoms. The summed E-state index contributed by atoms with van der Waals surface area (Å²) in [5, 5.41) is 8.30. The molecule has 0 fully saturated rings. The van der Waals surface area contributed by atoms with E-state index in [2.05, 4.69) is 203 Å². The smallest absolute Gasteiger partial charge is 0.0726 e. The van der Waals surface area contributed by atoms with Gasteiger partial charge < -0.3 is 9.13 Å². The van der Waals surface area contributed by atoms with Crippen LogP contribution in [0.4, 0.5) is 0 Å². The summed E-state index contributed by atoms with van der Waals surface area (Å²) in [6.45, 7) is 13.2. The number of fused-ring (bicyclic) bond motifs is 8. The quantitative estimate of drug-likeness (QED) is 0.163. The molecular weight excluding hydrogens is 808 g/mol. The second kappa shape index (κ2) is 14.8. The van der Waals surface area contributed by atoms with E-state index in [9.17, 15) is 0 Å². The Morgan fingerprint density at radius 3 is 1.51 bits per heavy atom. The Labute approximate surface area is 378 Å². The number of hydrogen-bond acceptors (Lipinski definition) is 0. The van der Waals surface area contributed by atoms with Crippen molar-refractivity contribution in [3.05, 3.63) is 195 Å². The molecule has 2 nitrogen and oxygen atoms in total. The lowest BCUT2D eigenvalue weighted by Crippen LogP contribution is -1.99. The van der Waals surface area contributed by atoms with E-state index in [1.54, 1.807) is 0 Å². The SMILES string of the molecule is Cc1cccc(C)c1-c1ccc2c(c1)c1cc(-c3c(C)cccc3C)cc(-c3cc(Cl)cc(-n4c5ccc(-c6c(C)cccc6C)cc5c5ccc6ccccc6c54)c3Cl)c1n2C. The summed E-state index contributed by atoms with van der Waals surface area (Å²) in [6, 6.07) is 55.4. The van der Waals surface area contributed by atoms with E-state index in [0.29, 0.717) is 10.0 Å². The van der Waals surface area contributed by atoms with E-state index < -0.39 is 0 Å². The normalized spacial score (nSPS) is 11.9. The third kappa shape index (κ3) is 6.07. The van der Waals surface area contributed by atoms with Crippen molar-refractivity contribution in [1.29, 1.82) is 0 Å². The van der Waals surface area contributed by atoms with Crippen LogP contribution in [0.25, 0.3) is 105 Å². The molecule has 0 saturated carbocycles. The van der Waals surface area contributed by atoms with Crippen molar-refractivity contribution < 1.29 is 0 Å². The molecule has 306 valence electrons. The zero-order valence-corrected chi connectivity index (χ0v) is 38.1. The Hall–Kier alpha value is -6.58. The average Bonchev–Trinajstić information content (AvgIpc) is 3.75. The zero-order chi connectivity index (χ0) is 43.4. The third-order valence-electron chi connectivity index (χ3n) is 13.6. The standard InChI is InChI=1S/C59H46Cl2N2/c1-33-13-10-14-34(2)54(33)40-22-25-51-47(28-40)49-29-42(56-37(5)17-12-18-38(56)6)30-50(58(49)62(51)7)48-31-43(60)32-53(57(48)61)63-52-26-23-41(55-35(3)15-11-16-36(55)4)27-46(52)45-24-21-39-19-8-9-20-44(39)59(45)63/h8-32H,1-7H3. The Morgan fingerprint density at radius 2 is 0.905 bits per heavy atom. The lowest BCUT2D eigenvalue weighted by atomic mass is 9.90. The van der Waals surface area contributed by atoms with Crippen molar-refractivity contribution in [2.45, 2.75) is 41.5 Å². The predicted molar refractivity (Wildman–Crippen MR) is 272 cm³/mol. The van der Waals surface area contributed by atoms with Crippen LogP contribution in [0.15, 0.2) is 152 Å². The predicted octanol–water partition coefficient (Wildman–Crippen LogP) is 17.4. The first-order valence-electron chi connectivity index (χ1n) is 21.7. The minimum Gasteiger partial charge on any atom is -0.343 e. The minimum atomic E-state index is 0.619. The summed E-state index contributed by atoms with van der Waals surface area (Å²) in [4.78, 5) is 0. The fraction of sp³-hybridized carbons (Fsp3) is 0.119. The van der Waals surface area contributed by atoms with E-state index in [1.807, 2.05) is 6.07 Å². The molecule has 0 aliphatic rings. The fourth-order valence-electron chi connectivity index (χ4n) is 10.8. The molecule has 0 amide bonds. The Bertz CT molecular complexity index is 3670. The number of hydrogen-bond donors (Lipinski definition) is 0. The second-order valence-corrected chi connectivity index (χ2v) is 18.4. The fourth-order valence-corrected chi connectivity index (χ4v) is 11.3. The van der Waals surface area contributed by atoms with Gasteiger partial charge in [0.2, 0.25) is 0 Å². The summed E-state index contributed by atoms with van der Waals surface area (Å²) in [5.41, 5.74) is 22.1. The maximum absolute atomic E-state index is 7.99. The highest BCUT2D eigenvalue weighted by atomic mass is 35.5. The number of aryl methyl sites for hydroxylation is 7. The van der Waals surface area contributed by atoms with Crippen LogP contribution < -0.4 is 0 Å². The molecule has 11 rings (SSSR count). The molecule has 0 aliphatic carbocycles. The minimum absolute atomic E-state index is 0.619. The summed E-state index contributed by atoms with van der Waals surface area (Å²) in [7, 11) is 2.18. The number of nitrogens with zero attached hydrogens (tertiary/aromatic N) is 2. The van der Waals surface area contributed by atoms with Crippen LogP contribution in [0.3, 0.4) is 0 Å². The first kappa shape index (κ1) is 39.3. The lowest BCUT2D eigenvalue weighted by Gasteiger charge is -2.18. The highest BCUT2D eigenvalue weighted by Gasteiger charge is 2.24. The van der Waals surface area contributed by atoms with Crippen LogP contribution >= 0.6 is 23.2 Å². The number of aromatic nitrogens is 2. The van der Waals surface area contributed by atoms with Gasteiger partial charge in [-0.1, -0.05) is 126 Å². The topological polar surface area (TPSA) is 9.86 Å². The zero-order valence-electron chi connectivity index (χ0n) is 36.6. The molecule has 2 heterocycles. The van der Waals surface area contributed by atoms with Crippen LogP contribution in [0, 0.1) is 41.5 Å². The van der Waals surface area contributed by atoms with Gasteiger partial charge in [0.05, 0.1) is 27.3 Å². The number of halogens is 2. The lowest BCUT2D eigenvalue weighted by molar-refractivity contribution is 1.01. The van der Waals surface area contributed by atoms with Crippen molar-refractivity contribution in [2.24, 2.45) is 7.05 Å². The molecule has 9 aromatic carbocycles. The van der Waals surface area contributed by atoms with Crippen LogP contribution in [0.2, 0.25) is 10.0 Å². The Morgan fingerprint density at radius 1 is 0.381 bits per heavy atom.